The molecule has 2 aromatic rings. The molecule has 6 nitrogen and oxygen atoms in total. The number of benzene rings is 2. The molecule has 2 N–H and O–H groups in total. The molecule has 0 saturated heterocycles. The van der Waals surface area contributed by atoms with E-state index in [0.29, 0.717) is 16.4 Å². The quantitative estimate of drug-likeness (QED) is 0.389. The van der Waals surface area contributed by atoms with Crippen LogP contribution in [-0.2, 0) is 4.74 Å². The van der Waals surface area contributed by atoms with Crippen molar-refractivity contribution in [2.45, 2.75) is 10.0 Å². The predicted molar refractivity (Wildman–Crippen MR) is 114 cm³/mol. The van der Waals surface area contributed by atoms with Gasteiger partial charge in [-0.25, -0.2) is 9.59 Å². The van der Waals surface area contributed by atoms with Gasteiger partial charge in [-0.1, -0.05) is 76.2 Å². The molecule has 150 valence electrons. The van der Waals surface area contributed by atoms with Gasteiger partial charge in [0.05, 0.1) is 10.0 Å². The third-order valence-corrected chi connectivity index (χ3v) is 4.66. The monoisotopic (exact) mass is 483 g/mol. The van der Waals surface area contributed by atoms with E-state index < -0.39 is 22.1 Å². The van der Waals surface area contributed by atoms with Gasteiger partial charge in [0.25, 0.3) is 0 Å². The van der Waals surface area contributed by atoms with Crippen LogP contribution in [0.15, 0.2) is 48.5 Å². The summed E-state index contributed by atoms with van der Waals surface area (Å²) in [6.07, 6.45) is -2.43. The van der Waals surface area contributed by atoms with Gasteiger partial charge in [-0.05, 0) is 30.3 Å². The Bertz CT molecular complexity index is 846. The summed E-state index contributed by atoms with van der Waals surface area (Å²) in [5, 5.41) is 5.59. The van der Waals surface area contributed by atoms with Crippen LogP contribution in [0.4, 0.5) is 21.0 Å². The van der Waals surface area contributed by atoms with Gasteiger partial charge in [0.15, 0.2) is 0 Å². The lowest BCUT2D eigenvalue weighted by Crippen LogP contribution is -2.50. The summed E-state index contributed by atoms with van der Waals surface area (Å²) < 4.78 is 3.04. The lowest BCUT2D eigenvalue weighted by atomic mass is 10.3. The van der Waals surface area contributed by atoms with Crippen molar-refractivity contribution in [2.24, 2.45) is 0 Å². The third-order valence-electron chi connectivity index (χ3n) is 3.36. The van der Waals surface area contributed by atoms with Crippen LogP contribution >= 0.6 is 58.0 Å². The second kappa shape index (κ2) is 9.76. The van der Waals surface area contributed by atoms with E-state index in [1.165, 1.54) is 25.2 Å². The van der Waals surface area contributed by atoms with Gasteiger partial charge in [0, 0.05) is 18.4 Å². The highest BCUT2D eigenvalue weighted by Gasteiger charge is 2.41. The van der Waals surface area contributed by atoms with Crippen molar-refractivity contribution < 1.29 is 14.3 Å². The standard InChI is InChI=1S/C17H14Cl5N3O3/c1-25(15(26)23-11-7-8-12(18)13(19)9-11)14(17(20,21)22)28-16(27)24-10-5-3-2-4-6-10/h2-9,14H,1H3,(H,23,26)(H,24,27). The van der Waals surface area contributed by atoms with Crippen LogP contribution in [0.2, 0.25) is 10.0 Å². The molecule has 0 aliphatic carbocycles. The van der Waals surface area contributed by atoms with Gasteiger partial charge in [0.1, 0.15) is 0 Å². The Morgan fingerprint density at radius 1 is 0.964 bits per heavy atom. The number of rotatable bonds is 4. The molecule has 11 heteroatoms. The minimum atomic E-state index is -2.11. The number of ether oxygens (including phenoxy) is 1. The Kier molecular flexibility index (Phi) is 7.92. The molecule has 0 heterocycles. The lowest BCUT2D eigenvalue weighted by Gasteiger charge is -2.32. The Morgan fingerprint density at radius 3 is 2.18 bits per heavy atom. The number of halogens is 5. The number of nitrogens with zero attached hydrogens (tertiary/aromatic N) is 1. The van der Waals surface area contributed by atoms with Crippen molar-refractivity contribution in [1.29, 1.82) is 0 Å². The molecular weight excluding hydrogens is 471 g/mol. The minimum Gasteiger partial charge on any atom is -0.420 e. The molecule has 0 spiro atoms. The van der Waals surface area contributed by atoms with E-state index in [4.69, 9.17) is 62.7 Å². The maximum Gasteiger partial charge on any atom is 0.413 e. The summed E-state index contributed by atoms with van der Waals surface area (Å²) in [6, 6.07) is 12.3. The molecule has 0 aliphatic heterocycles. The first-order chi connectivity index (χ1) is 13.1. The highest BCUT2D eigenvalue weighted by Crippen LogP contribution is 2.34. The number of urea groups is 1. The van der Waals surface area contributed by atoms with Crippen LogP contribution in [0.5, 0.6) is 0 Å². The molecule has 0 bridgehead atoms. The average molecular weight is 486 g/mol. The van der Waals surface area contributed by atoms with E-state index in [1.54, 1.807) is 30.3 Å². The van der Waals surface area contributed by atoms with Crippen molar-refractivity contribution in [2.75, 3.05) is 17.7 Å². The average Bonchev–Trinajstić information content (AvgIpc) is 2.62. The zero-order chi connectivity index (χ0) is 20.9. The van der Waals surface area contributed by atoms with Crippen molar-refractivity contribution in [3.8, 4) is 0 Å². The van der Waals surface area contributed by atoms with Crippen molar-refractivity contribution in [1.82, 2.24) is 4.90 Å². The van der Waals surface area contributed by atoms with Gasteiger partial charge in [-0.3, -0.25) is 10.2 Å². The van der Waals surface area contributed by atoms with Gasteiger partial charge >= 0.3 is 12.1 Å². The molecule has 2 rings (SSSR count). The molecule has 2 aromatic carbocycles. The van der Waals surface area contributed by atoms with Crippen LogP contribution in [0.1, 0.15) is 0 Å². The fourth-order valence-electron chi connectivity index (χ4n) is 2.03. The van der Waals surface area contributed by atoms with E-state index >= 15 is 0 Å². The predicted octanol–water partition coefficient (Wildman–Crippen LogP) is 6.40. The molecular formula is C17H14Cl5N3O3. The van der Waals surface area contributed by atoms with Crippen LogP contribution in [-0.4, -0.2) is 34.1 Å². The zero-order valence-electron chi connectivity index (χ0n) is 14.3. The molecule has 0 radical (unpaired) electrons. The summed E-state index contributed by atoms with van der Waals surface area (Å²) in [4.78, 5) is 25.6. The molecule has 0 aliphatic rings. The highest BCUT2D eigenvalue weighted by molar-refractivity contribution is 6.68. The highest BCUT2D eigenvalue weighted by atomic mass is 35.6. The number of para-hydroxylation sites is 1. The lowest BCUT2D eigenvalue weighted by molar-refractivity contribution is 0.0343. The number of carbonyl (C=O) groups excluding carboxylic acids is 2. The van der Waals surface area contributed by atoms with Crippen LogP contribution in [0, 0.1) is 0 Å². The largest absolute Gasteiger partial charge is 0.420 e. The van der Waals surface area contributed by atoms with Crippen molar-refractivity contribution in [3.05, 3.63) is 58.6 Å². The van der Waals surface area contributed by atoms with Gasteiger partial charge < -0.3 is 10.1 Å². The Labute approximate surface area is 186 Å². The number of hydrogen-bond acceptors (Lipinski definition) is 3. The number of nitrogens with one attached hydrogen (secondary N) is 2. The summed E-state index contributed by atoms with van der Waals surface area (Å²) in [7, 11) is 1.30. The fourth-order valence-corrected chi connectivity index (χ4v) is 2.90. The maximum atomic E-state index is 12.5. The van der Waals surface area contributed by atoms with E-state index in [1.807, 2.05) is 0 Å². The number of amides is 3. The maximum absolute atomic E-state index is 12.5. The van der Waals surface area contributed by atoms with Gasteiger partial charge in [-0.15, -0.1) is 0 Å². The van der Waals surface area contributed by atoms with Crippen molar-refractivity contribution in [3.63, 3.8) is 0 Å². The third kappa shape index (κ3) is 6.50. The zero-order valence-corrected chi connectivity index (χ0v) is 18.0. The molecule has 0 fully saturated rings. The number of hydrogen-bond donors (Lipinski definition) is 2. The Hall–Kier alpha value is -1.57. The number of carbonyl (C=O) groups is 2. The van der Waals surface area contributed by atoms with Gasteiger partial charge in [-0.2, -0.15) is 0 Å². The fraction of sp³-hybridized carbons (Fsp3) is 0.176. The Morgan fingerprint density at radius 2 is 1.61 bits per heavy atom. The molecule has 3 amide bonds. The normalized spacial score (nSPS) is 12.1. The molecule has 28 heavy (non-hydrogen) atoms. The summed E-state index contributed by atoms with van der Waals surface area (Å²) in [5.74, 6) is 0. The van der Waals surface area contributed by atoms with Crippen molar-refractivity contribution >= 4 is 81.5 Å². The molecule has 0 saturated carbocycles. The van der Waals surface area contributed by atoms with E-state index in [9.17, 15) is 9.59 Å². The molecule has 1 unspecified atom stereocenters. The first-order valence-electron chi connectivity index (χ1n) is 7.66. The van der Waals surface area contributed by atoms with Crippen LogP contribution in [0.3, 0.4) is 0 Å². The summed E-state index contributed by atoms with van der Waals surface area (Å²) >= 11 is 29.5. The van der Waals surface area contributed by atoms with E-state index in [0.717, 1.165) is 4.90 Å². The summed E-state index contributed by atoms with van der Waals surface area (Å²) in [5.41, 5.74) is 0.821. The molecule has 0 aromatic heterocycles. The molecule has 1 atom stereocenters. The SMILES string of the molecule is CN(C(=O)Nc1ccc(Cl)c(Cl)c1)C(OC(=O)Nc1ccccc1)C(Cl)(Cl)Cl. The van der Waals surface area contributed by atoms with E-state index in [-0.39, 0.29) is 5.02 Å². The second-order valence-corrected chi connectivity index (χ2v) is 8.64. The summed E-state index contributed by atoms with van der Waals surface area (Å²) in [6.45, 7) is 0. The van der Waals surface area contributed by atoms with E-state index in [2.05, 4.69) is 10.6 Å². The first kappa shape index (κ1) is 22.7. The number of alkyl halides is 3. The Balaban J connectivity index is 2.09. The minimum absolute atomic E-state index is 0.249. The van der Waals surface area contributed by atoms with Gasteiger partial charge in [0.2, 0.25) is 10.0 Å². The smallest absolute Gasteiger partial charge is 0.413 e. The second-order valence-electron chi connectivity index (χ2n) is 5.46. The first-order valence-corrected chi connectivity index (χ1v) is 9.55. The number of anilines is 2. The van der Waals surface area contributed by atoms with Crippen LogP contribution < -0.4 is 10.6 Å². The van der Waals surface area contributed by atoms with Crippen LogP contribution in [0.25, 0.3) is 0 Å². The topological polar surface area (TPSA) is 70.7 Å².